The molecule has 0 aromatic carbocycles. The van der Waals surface area contributed by atoms with E-state index in [9.17, 15) is 3.08 Å². The molecule has 0 aliphatic carbocycles. The molecule has 0 fully saturated rings. The molecule has 0 aromatic heterocycles. The maximum atomic E-state index is 11.2. The first kappa shape index (κ1) is 21.8. The summed E-state index contributed by atoms with van der Waals surface area (Å²) in [6, 6.07) is 0. The summed E-state index contributed by atoms with van der Waals surface area (Å²) >= 11 is -1.99. The molecule has 3 N–H and O–H groups in total. The van der Waals surface area contributed by atoms with E-state index in [4.69, 9.17) is 15.3 Å². The van der Waals surface area contributed by atoms with Gasteiger partial charge in [-0.1, -0.05) is 6.92 Å². The van der Waals surface area contributed by atoms with E-state index in [0.717, 1.165) is 8.87 Å². The summed E-state index contributed by atoms with van der Waals surface area (Å²) in [6.45, 7) is 5.68. The fourth-order valence-electron chi connectivity index (χ4n) is 1.36. The van der Waals surface area contributed by atoms with Gasteiger partial charge in [-0.2, -0.15) is 0 Å². The monoisotopic (exact) mass is 384 g/mol. The van der Waals surface area contributed by atoms with E-state index in [1.165, 1.54) is 25.7 Å². The number of hydrogen-bond donors (Lipinski definition) is 3. The van der Waals surface area contributed by atoms with Crippen molar-refractivity contribution >= 4 is 19.7 Å². The van der Waals surface area contributed by atoms with Gasteiger partial charge in [0, 0.05) is 5.41 Å². The van der Waals surface area contributed by atoms with E-state index in [1.54, 1.807) is 0 Å². The van der Waals surface area contributed by atoms with Crippen LogP contribution in [0.5, 0.6) is 0 Å². The average molecular weight is 383 g/mol. The van der Waals surface area contributed by atoms with E-state index < -0.39 is 25.2 Å². The first-order valence-electron chi connectivity index (χ1n) is 7.40. The number of unbranched alkanes of at least 4 members (excludes halogenated alkanes) is 2. The number of aliphatic hydroxyl groups excluding tert-OH is 3. The number of hydrogen-bond acceptors (Lipinski definition) is 4. The minimum atomic E-state index is -1.99. The zero-order valence-electron chi connectivity index (χ0n) is 12.8. The van der Waals surface area contributed by atoms with Gasteiger partial charge in [-0.05, 0) is 6.42 Å². The second kappa shape index (κ2) is 14.9. The maximum absolute atomic E-state index is 11.2. The summed E-state index contributed by atoms with van der Waals surface area (Å²) in [5.41, 5.74) is -0.667. The van der Waals surface area contributed by atoms with Crippen molar-refractivity contribution in [2.45, 2.75) is 61.7 Å². The zero-order chi connectivity index (χ0) is 15.1. The molecule has 0 heterocycles. The second-order valence-electron chi connectivity index (χ2n) is 5.07. The van der Waals surface area contributed by atoms with Gasteiger partial charge in [0.05, 0.1) is 19.8 Å². The molecule has 0 rings (SSSR count). The molecule has 0 atom stereocenters. The molecule has 0 saturated heterocycles. The Hall–Kier alpha value is 0.479. The van der Waals surface area contributed by atoms with Crippen molar-refractivity contribution in [3.05, 3.63) is 0 Å². The van der Waals surface area contributed by atoms with Gasteiger partial charge in [-0.15, -0.1) is 0 Å². The van der Waals surface area contributed by atoms with Crippen molar-refractivity contribution in [3.63, 3.8) is 0 Å². The summed E-state index contributed by atoms with van der Waals surface area (Å²) in [4.78, 5) is 0. The normalized spacial score (nSPS) is 10.8. The Labute approximate surface area is 125 Å². The zero-order valence-corrected chi connectivity index (χ0v) is 15.7. The Morgan fingerprint density at radius 2 is 1.21 bits per heavy atom. The van der Waals surface area contributed by atoms with Crippen molar-refractivity contribution in [1.29, 1.82) is 0 Å². The molecular formula is C14H32O4Sn. The van der Waals surface area contributed by atoms with Crippen LogP contribution in [0.3, 0.4) is 0 Å². The summed E-state index contributed by atoms with van der Waals surface area (Å²) in [7, 11) is 0. The molecule has 0 aromatic rings. The third-order valence-electron chi connectivity index (χ3n) is 3.37. The van der Waals surface area contributed by atoms with Crippen LogP contribution in [0.15, 0.2) is 0 Å². The van der Waals surface area contributed by atoms with E-state index >= 15 is 0 Å². The molecule has 0 aliphatic heterocycles. The molecule has 0 saturated carbocycles. The molecule has 19 heavy (non-hydrogen) atoms. The van der Waals surface area contributed by atoms with Gasteiger partial charge < -0.3 is 15.3 Å². The van der Waals surface area contributed by atoms with Crippen molar-refractivity contribution in [2.75, 3.05) is 19.8 Å². The van der Waals surface area contributed by atoms with E-state index in [1.807, 2.05) is 6.92 Å². The summed E-state index contributed by atoms with van der Waals surface area (Å²) in [5.74, 6) is 0. The Morgan fingerprint density at radius 3 is 1.37 bits per heavy atom. The molecule has 0 amide bonds. The molecule has 0 spiro atoms. The van der Waals surface area contributed by atoms with Gasteiger partial charge in [0.25, 0.3) is 0 Å². The second-order valence-corrected chi connectivity index (χ2v) is 11.0. The molecule has 0 bridgehead atoms. The van der Waals surface area contributed by atoms with Crippen LogP contribution >= 0.6 is 0 Å². The molecule has 4 nitrogen and oxygen atoms in total. The quantitative estimate of drug-likeness (QED) is 0.507. The molecule has 0 radical (unpaired) electrons. The van der Waals surface area contributed by atoms with Gasteiger partial charge in [-0.3, -0.25) is 0 Å². The third-order valence-corrected chi connectivity index (χ3v) is 8.58. The Balaban J connectivity index is 0. The fourth-order valence-corrected chi connectivity index (χ4v) is 6.34. The molecular weight excluding hydrogens is 351 g/mol. The van der Waals surface area contributed by atoms with Crippen LogP contribution in [0.25, 0.3) is 0 Å². The van der Waals surface area contributed by atoms with Gasteiger partial charge >= 0.3 is 71.2 Å². The Morgan fingerprint density at radius 1 is 0.842 bits per heavy atom. The van der Waals surface area contributed by atoms with Crippen molar-refractivity contribution < 1.29 is 18.4 Å². The first-order valence-corrected chi connectivity index (χ1v) is 12.6. The molecule has 0 aliphatic rings. The van der Waals surface area contributed by atoms with Gasteiger partial charge in [-0.25, -0.2) is 0 Å². The van der Waals surface area contributed by atoms with Gasteiger partial charge in [0.1, 0.15) is 0 Å². The molecule has 116 valence electrons. The number of aliphatic hydroxyl groups is 3. The summed E-state index contributed by atoms with van der Waals surface area (Å²) in [6.07, 6.45) is 5.40. The van der Waals surface area contributed by atoms with Crippen molar-refractivity contribution in [3.8, 4) is 0 Å². The minimum absolute atomic E-state index is 0.156. The van der Waals surface area contributed by atoms with Crippen molar-refractivity contribution in [1.82, 2.24) is 0 Å². The van der Waals surface area contributed by atoms with Crippen molar-refractivity contribution in [2.24, 2.45) is 5.41 Å². The summed E-state index contributed by atoms with van der Waals surface area (Å²) in [5, 5.41) is 26.0. The van der Waals surface area contributed by atoms with E-state index in [0.29, 0.717) is 6.42 Å². The van der Waals surface area contributed by atoms with Crippen LogP contribution in [-0.4, -0.2) is 54.9 Å². The Kier molecular flexibility index (Phi) is 17.0. The van der Waals surface area contributed by atoms with Crippen LogP contribution in [0.1, 0.15) is 52.9 Å². The molecule has 5 heteroatoms. The molecule has 0 unspecified atom stereocenters. The number of rotatable bonds is 10. The average Bonchev–Trinajstić information content (AvgIpc) is 2.46. The van der Waals surface area contributed by atoms with E-state index in [-0.39, 0.29) is 19.8 Å². The van der Waals surface area contributed by atoms with Crippen LogP contribution in [0.4, 0.5) is 0 Å². The summed E-state index contributed by atoms with van der Waals surface area (Å²) < 4.78 is 13.4. The van der Waals surface area contributed by atoms with Crippen LogP contribution in [0.2, 0.25) is 8.87 Å². The SMILES string of the molecule is CCC(CO)(CO)CO.CCC[CH2][Sn](=[O])[CH2]CCC. The predicted molar refractivity (Wildman–Crippen MR) is 79.9 cm³/mol. The predicted octanol–water partition coefficient (Wildman–Crippen LogP) is 2.37. The topological polar surface area (TPSA) is 77.8 Å². The Bertz CT molecular complexity index is 178. The standard InChI is InChI=1S/C6H14O3.2C4H9.O.Sn/c1-2-6(3-7,4-8)5-9;2*1-3-4-2;;/h7-9H,2-5H2,1H3;2*1,3-4H2,2H3;;. The van der Waals surface area contributed by atoms with Gasteiger partial charge in [0.15, 0.2) is 0 Å². The van der Waals surface area contributed by atoms with Gasteiger partial charge in [0.2, 0.25) is 0 Å². The van der Waals surface area contributed by atoms with E-state index in [2.05, 4.69) is 13.8 Å². The fraction of sp³-hybridized carbons (Fsp3) is 1.00. The first-order chi connectivity index (χ1) is 9.05. The van der Waals surface area contributed by atoms with Crippen LogP contribution < -0.4 is 0 Å². The third kappa shape index (κ3) is 12.0. The van der Waals surface area contributed by atoms with Crippen LogP contribution in [-0.2, 0) is 3.08 Å². The van der Waals surface area contributed by atoms with Crippen LogP contribution in [0, 0.1) is 5.41 Å².